The van der Waals surface area contributed by atoms with Crippen LogP contribution in [0, 0.1) is 6.92 Å². The first kappa shape index (κ1) is 19.6. The van der Waals surface area contributed by atoms with Crippen LogP contribution in [0.25, 0.3) is 0 Å². The third kappa shape index (κ3) is 4.46. The average Bonchev–Trinajstić information content (AvgIpc) is 2.60. The number of rotatable bonds is 6. The quantitative estimate of drug-likeness (QED) is 0.658. The van der Waals surface area contributed by atoms with Gasteiger partial charge in [0.05, 0.1) is 23.4 Å². The van der Waals surface area contributed by atoms with E-state index in [9.17, 15) is 9.59 Å². The Hall–Kier alpha value is -2.73. The van der Waals surface area contributed by atoms with Crippen molar-refractivity contribution in [3.05, 3.63) is 46.5 Å². The molecule has 0 radical (unpaired) electrons. The molecule has 0 aliphatic heterocycles. The third-order valence-electron chi connectivity index (χ3n) is 3.90. The fraction of sp³-hybridized carbons (Fsp3) is 0.263. The van der Waals surface area contributed by atoms with Gasteiger partial charge in [0.1, 0.15) is 5.75 Å². The summed E-state index contributed by atoms with van der Waals surface area (Å²) in [5, 5.41) is 5.95. The van der Waals surface area contributed by atoms with E-state index in [-0.39, 0.29) is 22.4 Å². The number of hydrogen-bond acceptors (Lipinski definition) is 4. The number of anilines is 3. The summed E-state index contributed by atoms with van der Waals surface area (Å²) in [5.41, 5.74) is 8.34. The molecular weight excluding hydrogens is 354 g/mol. The van der Waals surface area contributed by atoms with Gasteiger partial charge in [-0.2, -0.15) is 0 Å². The minimum absolute atomic E-state index is 0.0638. The van der Waals surface area contributed by atoms with Crippen molar-refractivity contribution in [3.63, 3.8) is 0 Å². The number of benzene rings is 2. The summed E-state index contributed by atoms with van der Waals surface area (Å²) >= 11 is 6.03. The van der Waals surface area contributed by atoms with E-state index in [4.69, 9.17) is 22.1 Å². The molecule has 0 aliphatic rings. The monoisotopic (exact) mass is 375 g/mol. The maximum absolute atomic E-state index is 12.7. The Balaban J connectivity index is 2.27. The second-order valence-corrected chi connectivity index (χ2v) is 6.21. The zero-order valence-electron chi connectivity index (χ0n) is 15.0. The van der Waals surface area contributed by atoms with Crippen molar-refractivity contribution in [2.45, 2.75) is 26.7 Å². The number of methoxy groups -OCH3 is 1. The van der Waals surface area contributed by atoms with Crippen LogP contribution < -0.4 is 21.1 Å². The summed E-state index contributed by atoms with van der Waals surface area (Å²) in [7, 11) is 1.45. The average molecular weight is 376 g/mol. The molecule has 0 aliphatic carbocycles. The molecule has 2 aromatic carbocycles. The topological polar surface area (TPSA) is 93.5 Å². The van der Waals surface area contributed by atoms with E-state index in [0.717, 1.165) is 12.0 Å². The van der Waals surface area contributed by atoms with Crippen molar-refractivity contribution < 1.29 is 14.3 Å². The number of carbonyl (C=O) groups is 2. The number of nitrogens with one attached hydrogen (secondary N) is 2. The summed E-state index contributed by atoms with van der Waals surface area (Å²) in [6.07, 6.45) is 1.20. The van der Waals surface area contributed by atoms with Crippen LogP contribution in [0.15, 0.2) is 30.3 Å². The Labute approximate surface area is 157 Å². The second-order valence-electron chi connectivity index (χ2n) is 5.80. The predicted octanol–water partition coefficient (Wildman–Crippen LogP) is 4.23. The lowest BCUT2D eigenvalue weighted by molar-refractivity contribution is -0.116. The smallest absolute Gasteiger partial charge is 0.259 e. The largest absolute Gasteiger partial charge is 0.496 e. The first-order chi connectivity index (χ1) is 12.4. The van der Waals surface area contributed by atoms with Crippen molar-refractivity contribution in [2.24, 2.45) is 0 Å². The van der Waals surface area contributed by atoms with E-state index >= 15 is 0 Å². The standard InChI is InChI=1S/C19H22ClN3O3/c1-4-6-18(24)22-15-7-5-8-16(11(15)2)23-19(25)12-9-13(20)14(21)10-17(12)26-3/h5,7-10H,4,6,21H2,1-3H3,(H,22,24)(H,23,25). The van der Waals surface area contributed by atoms with E-state index in [1.165, 1.54) is 19.2 Å². The molecule has 2 aromatic rings. The number of ether oxygens (including phenoxy) is 1. The number of nitrogens with two attached hydrogens (primary N) is 1. The summed E-state index contributed by atoms with van der Waals surface area (Å²) in [6.45, 7) is 3.76. The number of amides is 2. The van der Waals surface area contributed by atoms with E-state index in [2.05, 4.69) is 10.6 Å². The minimum atomic E-state index is -0.385. The Kier molecular flexibility index (Phi) is 6.46. The summed E-state index contributed by atoms with van der Waals surface area (Å²) in [4.78, 5) is 24.5. The number of nitrogen functional groups attached to an aromatic ring is 1. The first-order valence-electron chi connectivity index (χ1n) is 8.21. The van der Waals surface area contributed by atoms with Crippen LogP contribution in [0.4, 0.5) is 17.1 Å². The number of hydrogen-bond donors (Lipinski definition) is 3. The number of halogens is 1. The molecular formula is C19H22ClN3O3. The second kappa shape index (κ2) is 8.58. The molecule has 7 heteroatoms. The number of carbonyl (C=O) groups excluding carboxylic acids is 2. The Morgan fingerprint density at radius 3 is 2.46 bits per heavy atom. The van der Waals surface area contributed by atoms with Crippen molar-refractivity contribution in [2.75, 3.05) is 23.5 Å². The van der Waals surface area contributed by atoms with Gasteiger partial charge in [0, 0.05) is 23.9 Å². The molecule has 0 atom stereocenters. The van der Waals surface area contributed by atoms with Gasteiger partial charge in [0.25, 0.3) is 5.91 Å². The molecule has 0 unspecified atom stereocenters. The van der Waals surface area contributed by atoms with Crippen LogP contribution >= 0.6 is 11.6 Å². The minimum Gasteiger partial charge on any atom is -0.496 e. The highest BCUT2D eigenvalue weighted by Gasteiger charge is 2.17. The molecule has 0 saturated heterocycles. The van der Waals surface area contributed by atoms with Crippen molar-refractivity contribution in [1.29, 1.82) is 0 Å². The predicted molar refractivity (Wildman–Crippen MR) is 105 cm³/mol. The van der Waals surface area contributed by atoms with Gasteiger partial charge in [0.2, 0.25) is 5.91 Å². The van der Waals surface area contributed by atoms with E-state index in [0.29, 0.717) is 29.2 Å². The molecule has 0 fully saturated rings. The van der Waals surface area contributed by atoms with Crippen LogP contribution in [0.1, 0.15) is 35.7 Å². The molecule has 0 bridgehead atoms. The fourth-order valence-corrected chi connectivity index (χ4v) is 2.61. The van der Waals surface area contributed by atoms with Crippen molar-refractivity contribution >= 4 is 40.5 Å². The Bertz CT molecular complexity index is 837. The van der Waals surface area contributed by atoms with E-state index in [1.54, 1.807) is 18.2 Å². The highest BCUT2D eigenvalue weighted by molar-refractivity contribution is 6.33. The molecule has 0 aromatic heterocycles. The van der Waals surface area contributed by atoms with Gasteiger partial charge >= 0.3 is 0 Å². The molecule has 0 spiro atoms. The molecule has 26 heavy (non-hydrogen) atoms. The lowest BCUT2D eigenvalue weighted by atomic mass is 10.1. The van der Waals surface area contributed by atoms with Gasteiger partial charge in [-0.3, -0.25) is 9.59 Å². The van der Waals surface area contributed by atoms with Crippen LogP contribution in [0.3, 0.4) is 0 Å². The lowest BCUT2D eigenvalue weighted by Gasteiger charge is -2.15. The highest BCUT2D eigenvalue weighted by Crippen LogP contribution is 2.30. The fourth-order valence-electron chi connectivity index (χ4n) is 2.45. The normalized spacial score (nSPS) is 10.3. The van der Waals surface area contributed by atoms with Gasteiger partial charge in [-0.25, -0.2) is 0 Å². The van der Waals surface area contributed by atoms with E-state index in [1.807, 2.05) is 13.8 Å². The summed E-state index contributed by atoms with van der Waals surface area (Å²) in [5.74, 6) is -0.121. The third-order valence-corrected chi connectivity index (χ3v) is 4.22. The maximum atomic E-state index is 12.7. The van der Waals surface area contributed by atoms with Crippen LogP contribution in [-0.2, 0) is 4.79 Å². The molecule has 4 N–H and O–H groups in total. The van der Waals surface area contributed by atoms with E-state index < -0.39 is 0 Å². The zero-order valence-corrected chi connectivity index (χ0v) is 15.7. The van der Waals surface area contributed by atoms with Crippen LogP contribution in [0.2, 0.25) is 5.02 Å². The van der Waals surface area contributed by atoms with Crippen molar-refractivity contribution in [1.82, 2.24) is 0 Å². The molecule has 2 rings (SSSR count). The Morgan fingerprint density at radius 2 is 1.85 bits per heavy atom. The first-order valence-corrected chi connectivity index (χ1v) is 8.59. The highest BCUT2D eigenvalue weighted by atomic mass is 35.5. The summed E-state index contributed by atoms with van der Waals surface area (Å²) in [6, 6.07) is 8.28. The van der Waals surface area contributed by atoms with Crippen LogP contribution in [0.5, 0.6) is 5.75 Å². The van der Waals surface area contributed by atoms with Gasteiger partial charge in [-0.1, -0.05) is 24.6 Å². The van der Waals surface area contributed by atoms with Crippen molar-refractivity contribution in [3.8, 4) is 5.75 Å². The molecule has 0 heterocycles. The van der Waals surface area contributed by atoms with Gasteiger partial charge in [0.15, 0.2) is 0 Å². The summed E-state index contributed by atoms with van der Waals surface area (Å²) < 4.78 is 5.22. The SMILES string of the molecule is CCCC(=O)Nc1cccc(NC(=O)c2cc(Cl)c(N)cc2OC)c1C. The molecule has 2 amide bonds. The molecule has 6 nitrogen and oxygen atoms in total. The zero-order chi connectivity index (χ0) is 19.3. The Morgan fingerprint density at radius 1 is 1.19 bits per heavy atom. The van der Waals surface area contributed by atoms with Gasteiger partial charge in [-0.15, -0.1) is 0 Å². The molecule has 0 saturated carbocycles. The molecule has 138 valence electrons. The van der Waals surface area contributed by atoms with Gasteiger partial charge in [-0.05, 0) is 37.1 Å². The lowest BCUT2D eigenvalue weighted by Crippen LogP contribution is -2.16. The van der Waals surface area contributed by atoms with Crippen LogP contribution in [-0.4, -0.2) is 18.9 Å². The maximum Gasteiger partial charge on any atom is 0.259 e. The van der Waals surface area contributed by atoms with Gasteiger partial charge < -0.3 is 21.1 Å².